The van der Waals surface area contributed by atoms with E-state index in [-0.39, 0.29) is 13.2 Å². The van der Waals surface area contributed by atoms with Gasteiger partial charge in [0.15, 0.2) is 0 Å². The number of nitrogens with zero attached hydrogens (tertiary/aromatic N) is 1. The maximum absolute atomic E-state index is 9.10. The smallest absolute Gasteiger partial charge is 0.137 e. The first-order chi connectivity index (χ1) is 6.22. The van der Waals surface area contributed by atoms with E-state index in [0.29, 0.717) is 5.75 Å². The average Bonchev–Trinajstić information content (AvgIpc) is 2.16. The second-order valence-electron chi connectivity index (χ2n) is 2.84. The molecule has 0 aliphatic heterocycles. The maximum atomic E-state index is 9.10. The summed E-state index contributed by atoms with van der Waals surface area (Å²) in [7, 11) is 0. The SMILES string of the molecule is Cc1ccc(OCC(O)CN)cn1. The van der Waals surface area contributed by atoms with E-state index in [2.05, 4.69) is 4.98 Å². The van der Waals surface area contributed by atoms with Gasteiger partial charge in [-0.2, -0.15) is 0 Å². The van der Waals surface area contributed by atoms with Gasteiger partial charge in [-0.3, -0.25) is 4.98 Å². The molecule has 0 spiro atoms. The van der Waals surface area contributed by atoms with Gasteiger partial charge < -0.3 is 15.6 Å². The largest absolute Gasteiger partial charge is 0.489 e. The number of ether oxygens (including phenoxy) is 1. The van der Waals surface area contributed by atoms with Gasteiger partial charge in [-0.25, -0.2) is 0 Å². The lowest BCUT2D eigenvalue weighted by Gasteiger charge is -2.09. The predicted molar refractivity (Wildman–Crippen MR) is 49.5 cm³/mol. The second kappa shape index (κ2) is 4.79. The van der Waals surface area contributed by atoms with Crippen molar-refractivity contribution in [1.29, 1.82) is 0 Å². The molecule has 3 N–H and O–H groups in total. The Hall–Kier alpha value is -1.13. The Bertz CT molecular complexity index is 248. The minimum atomic E-state index is -0.610. The molecule has 1 atom stereocenters. The van der Waals surface area contributed by atoms with Gasteiger partial charge in [-0.15, -0.1) is 0 Å². The van der Waals surface area contributed by atoms with Crippen molar-refractivity contribution < 1.29 is 9.84 Å². The van der Waals surface area contributed by atoms with E-state index in [1.54, 1.807) is 6.20 Å². The first-order valence-corrected chi connectivity index (χ1v) is 4.16. The van der Waals surface area contributed by atoms with Gasteiger partial charge in [0.1, 0.15) is 18.5 Å². The highest BCUT2D eigenvalue weighted by Crippen LogP contribution is 2.08. The van der Waals surface area contributed by atoms with E-state index >= 15 is 0 Å². The molecule has 0 amide bonds. The van der Waals surface area contributed by atoms with E-state index in [4.69, 9.17) is 15.6 Å². The van der Waals surface area contributed by atoms with Crippen LogP contribution in [0.1, 0.15) is 5.69 Å². The predicted octanol–water partition coefficient (Wildman–Crippen LogP) is 0.0884. The zero-order chi connectivity index (χ0) is 9.68. The van der Waals surface area contributed by atoms with Crippen molar-refractivity contribution >= 4 is 0 Å². The molecule has 1 rings (SSSR count). The van der Waals surface area contributed by atoms with Crippen LogP contribution in [0.3, 0.4) is 0 Å². The Morgan fingerprint density at radius 3 is 2.92 bits per heavy atom. The maximum Gasteiger partial charge on any atom is 0.137 e. The van der Waals surface area contributed by atoms with Crippen LogP contribution in [-0.4, -0.2) is 29.3 Å². The lowest BCUT2D eigenvalue weighted by Crippen LogP contribution is -2.26. The number of aliphatic hydroxyl groups excluding tert-OH is 1. The normalized spacial score (nSPS) is 12.5. The summed E-state index contributed by atoms with van der Waals surface area (Å²) in [4.78, 5) is 4.05. The number of aliphatic hydroxyl groups is 1. The van der Waals surface area contributed by atoms with Gasteiger partial charge >= 0.3 is 0 Å². The third-order valence-electron chi connectivity index (χ3n) is 1.60. The molecule has 0 bridgehead atoms. The Morgan fingerprint density at radius 2 is 2.38 bits per heavy atom. The van der Waals surface area contributed by atoms with Crippen LogP contribution in [0.25, 0.3) is 0 Å². The second-order valence-corrected chi connectivity index (χ2v) is 2.84. The standard InChI is InChI=1S/C9H14N2O2/c1-7-2-3-9(5-11-7)13-6-8(12)4-10/h2-3,5,8,12H,4,6,10H2,1H3. The Balaban J connectivity index is 2.41. The summed E-state index contributed by atoms with van der Waals surface area (Å²) in [6, 6.07) is 3.66. The monoisotopic (exact) mass is 182 g/mol. The summed E-state index contributed by atoms with van der Waals surface area (Å²) in [6.45, 7) is 2.32. The Morgan fingerprint density at radius 1 is 1.62 bits per heavy atom. The van der Waals surface area contributed by atoms with E-state index in [1.807, 2.05) is 19.1 Å². The number of pyridine rings is 1. The Labute approximate surface area is 77.4 Å². The molecule has 1 unspecified atom stereocenters. The van der Waals surface area contributed by atoms with Crippen molar-refractivity contribution in [3.63, 3.8) is 0 Å². The first kappa shape index (κ1) is 9.95. The molecule has 0 aromatic carbocycles. The van der Waals surface area contributed by atoms with Crippen LogP contribution >= 0.6 is 0 Å². The quantitative estimate of drug-likeness (QED) is 0.692. The van der Waals surface area contributed by atoms with Crippen LogP contribution in [0, 0.1) is 6.92 Å². The van der Waals surface area contributed by atoms with Crippen LogP contribution in [0.5, 0.6) is 5.75 Å². The molecule has 72 valence electrons. The molecule has 1 aromatic heterocycles. The molecule has 4 heteroatoms. The van der Waals surface area contributed by atoms with Gasteiger partial charge in [0.25, 0.3) is 0 Å². The number of hydrogen-bond acceptors (Lipinski definition) is 4. The van der Waals surface area contributed by atoms with Crippen LogP contribution in [0.2, 0.25) is 0 Å². The fourth-order valence-corrected chi connectivity index (χ4v) is 0.800. The summed E-state index contributed by atoms with van der Waals surface area (Å²) < 4.78 is 5.22. The van der Waals surface area contributed by atoms with Gasteiger partial charge in [0, 0.05) is 12.2 Å². The van der Waals surface area contributed by atoms with Gasteiger partial charge in [0.05, 0.1) is 6.20 Å². The highest BCUT2D eigenvalue weighted by atomic mass is 16.5. The molecule has 0 aliphatic carbocycles. The van der Waals surface area contributed by atoms with Crippen molar-refractivity contribution in [3.05, 3.63) is 24.0 Å². The molecule has 0 saturated carbocycles. The highest BCUT2D eigenvalue weighted by Gasteiger charge is 2.01. The lowest BCUT2D eigenvalue weighted by molar-refractivity contribution is 0.114. The molecule has 4 nitrogen and oxygen atoms in total. The van der Waals surface area contributed by atoms with Crippen LogP contribution in [0.15, 0.2) is 18.3 Å². The minimum Gasteiger partial charge on any atom is -0.489 e. The average molecular weight is 182 g/mol. The van der Waals surface area contributed by atoms with Crippen molar-refractivity contribution in [2.75, 3.05) is 13.2 Å². The summed E-state index contributed by atoms with van der Waals surface area (Å²) in [5, 5.41) is 9.10. The summed E-state index contributed by atoms with van der Waals surface area (Å²) in [6.07, 6.45) is 1.01. The zero-order valence-electron chi connectivity index (χ0n) is 7.60. The lowest BCUT2D eigenvalue weighted by atomic mass is 10.3. The van der Waals surface area contributed by atoms with Crippen LogP contribution in [0.4, 0.5) is 0 Å². The molecule has 0 saturated heterocycles. The molecule has 13 heavy (non-hydrogen) atoms. The summed E-state index contributed by atoms with van der Waals surface area (Å²) >= 11 is 0. The number of aryl methyl sites for hydroxylation is 1. The van der Waals surface area contributed by atoms with Gasteiger partial charge in [-0.05, 0) is 19.1 Å². The number of hydrogen-bond donors (Lipinski definition) is 2. The molecule has 0 aliphatic rings. The third-order valence-corrected chi connectivity index (χ3v) is 1.60. The van der Waals surface area contributed by atoms with Crippen molar-refractivity contribution in [2.24, 2.45) is 5.73 Å². The topological polar surface area (TPSA) is 68.4 Å². The number of nitrogens with two attached hydrogens (primary N) is 1. The van der Waals surface area contributed by atoms with E-state index in [0.717, 1.165) is 5.69 Å². The third kappa shape index (κ3) is 3.40. The van der Waals surface area contributed by atoms with Crippen molar-refractivity contribution in [3.8, 4) is 5.75 Å². The van der Waals surface area contributed by atoms with E-state index in [1.165, 1.54) is 0 Å². The number of rotatable bonds is 4. The van der Waals surface area contributed by atoms with Crippen molar-refractivity contribution in [1.82, 2.24) is 4.98 Å². The molecule has 1 heterocycles. The molecule has 1 aromatic rings. The highest BCUT2D eigenvalue weighted by molar-refractivity contribution is 5.18. The Kier molecular flexibility index (Phi) is 3.67. The molecule has 0 radical (unpaired) electrons. The summed E-state index contributed by atoms with van der Waals surface area (Å²) in [5.74, 6) is 0.651. The fraction of sp³-hybridized carbons (Fsp3) is 0.444. The van der Waals surface area contributed by atoms with Gasteiger partial charge in [-0.1, -0.05) is 0 Å². The van der Waals surface area contributed by atoms with Crippen molar-refractivity contribution in [2.45, 2.75) is 13.0 Å². The van der Waals surface area contributed by atoms with Gasteiger partial charge in [0.2, 0.25) is 0 Å². The van der Waals surface area contributed by atoms with Crippen LogP contribution < -0.4 is 10.5 Å². The van der Waals surface area contributed by atoms with E-state index < -0.39 is 6.10 Å². The number of aromatic nitrogens is 1. The molecular formula is C9H14N2O2. The zero-order valence-corrected chi connectivity index (χ0v) is 7.60. The molecule has 0 fully saturated rings. The minimum absolute atomic E-state index is 0.208. The fourth-order valence-electron chi connectivity index (χ4n) is 0.800. The molecular weight excluding hydrogens is 168 g/mol. The first-order valence-electron chi connectivity index (χ1n) is 4.16. The van der Waals surface area contributed by atoms with Crippen LogP contribution in [-0.2, 0) is 0 Å². The van der Waals surface area contributed by atoms with E-state index in [9.17, 15) is 0 Å². The summed E-state index contributed by atoms with van der Waals surface area (Å²) in [5.41, 5.74) is 6.15.